The minimum atomic E-state index is -5.43. The van der Waals surface area contributed by atoms with Crippen LogP contribution in [0.3, 0.4) is 0 Å². The Morgan fingerprint density at radius 3 is 2.00 bits per heavy atom. The smallest absolute Gasteiger partial charge is 0.367 e. The van der Waals surface area contributed by atoms with E-state index in [2.05, 4.69) is 9.59 Å². The number of aliphatic hydroxyl groups is 1. The van der Waals surface area contributed by atoms with Gasteiger partial charge in [-0.15, -0.1) is 5.10 Å². The van der Waals surface area contributed by atoms with Gasteiger partial charge in [-0.2, -0.15) is 0 Å². The first-order valence-electron chi connectivity index (χ1n) is 4.10. The van der Waals surface area contributed by atoms with Crippen LogP contribution in [0.4, 0.5) is 0 Å². The Morgan fingerprint density at radius 1 is 1.24 bits per heavy atom. The van der Waals surface area contributed by atoms with Crippen molar-refractivity contribution >= 4 is 26.7 Å². The predicted octanol–water partition coefficient (Wildman–Crippen LogP) is -0.609. The highest BCUT2D eigenvalue weighted by Crippen LogP contribution is 2.68. The second-order valence-corrected chi connectivity index (χ2v) is 8.17. The van der Waals surface area contributed by atoms with E-state index in [0.717, 1.165) is 0 Å². The molecule has 1 rings (SSSR count). The van der Waals surface area contributed by atoms with Gasteiger partial charge in [-0.3, -0.25) is 9.13 Å². The van der Waals surface area contributed by atoms with Gasteiger partial charge in [-0.1, -0.05) is 4.49 Å². The van der Waals surface area contributed by atoms with E-state index in [0.29, 0.717) is 11.5 Å². The van der Waals surface area contributed by atoms with E-state index < -0.39 is 26.7 Å². The summed E-state index contributed by atoms with van der Waals surface area (Å²) in [5.74, 6) is 0. The molecular formula is C5H10N2O7P2S. The summed E-state index contributed by atoms with van der Waals surface area (Å²) < 4.78 is 25.6. The van der Waals surface area contributed by atoms with Crippen LogP contribution in [0.25, 0.3) is 0 Å². The van der Waals surface area contributed by atoms with Gasteiger partial charge in [0.25, 0.3) is 5.08 Å². The zero-order valence-electron chi connectivity index (χ0n) is 8.46. The van der Waals surface area contributed by atoms with E-state index in [1.54, 1.807) is 0 Å². The van der Waals surface area contributed by atoms with Crippen LogP contribution in [-0.4, -0.2) is 39.4 Å². The summed E-state index contributed by atoms with van der Waals surface area (Å²) >= 11 is 0.701. The van der Waals surface area contributed by atoms with Crippen LogP contribution in [-0.2, 0) is 15.6 Å². The summed E-state index contributed by atoms with van der Waals surface area (Å²) in [4.78, 5) is 35.7. The minimum absolute atomic E-state index is 0.0964. The lowest BCUT2D eigenvalue weighted by Gasteiger charge is -2.28. The topological polar surface area (TPSA) is 161 Å². The molecule has 0 saturated heterocycles. The molecule has 9 nitrogen and oxygen atoms in total. The van der Waals surface area contributed by atoms with Gasteiger partial charge >= 0.3 is 15.2 Å². The van der Waals surface area contributed by atoms with Crippen LogP contribution >= 0.6 is 26.7 Å². The highest BCUT2D eigenvalue weighted by atomic mass is 32.1. The molecule has 1 heterocycles. The highest BCUT2D eigenvalue weighted by Gasteiger charge is 2.59. The van der Waals surface area contributed by atoms with Crippen LogP contribution in [0.15, 0.2) is 0 Å². The Balaban J connectivity index is 3.25. The van der Waals surface area contributed by atoms with Crippen LogP contribution in [0.1, 0.15) is 10.6 Å². The molecular weight excluding hydrogens is 294 g/mol. The zero-order valence-corrected chi connectivity index (χ0v) is 11.1. The number of aryl methyl sites for hydroxylation is 1. The highest BCUT2D eigenvalue weighted by molar-refractivity contribution is 7.72. The average molecular weight is 304 g/mol. The molecule has 0 aromatic carbocycles. The number of nitrogens with zero attached hydrogens (tertiary/aromatic N) is 2. The summed E-state index contributed by atoms with van der Waals surface area (Å²) in [5.41, 5.74) is 0.246. The summed E-state index contributed by atoms with van der Waals surface area (Å²) in [6, 6.07) is 0. The summed E-state index contributed by atoms with van der Waals surface area (Å²) in [6.45, 7) is 1.44. The predicted molar refractivity (Wildman–Crippen MR) is 57.4 cm³/mol. The van der Waals surface area contributed by atoms with Gasteiger partial charge in [-0.25, -0.2) is 0 Å². The number of aromatic nitrogens is 2. The van der Waals surface area contributed by atoms with E-state index >= 15 is 0 Å². The third-order valence-corrected chi connectivity index (χ3v) is 6.65. The summed E-state index contributed by atoms with van der Waals surface area (Å²) in [6.07, 6.45) is -0.912. The number of hydrogen-bond donors (Lipinski definition) is 5. The van der Waals surface area contributed by atoms with Gasteiger partial charge in [0.1, 0.15) is 0 Å². The van der Waals surface area contributed by atoms with Crippen molar-refractivity contribution in [2.75, 3.05) is 0 Å². The van der Waals surface area contributed by atoms with Crippen LogP contribution in [0, 0.1) is 6.92 Å². The maximum Gasteiger partial charge on any atom is 0.369 e. The first-order chi connectivity index (χ1) is 7.49. The van der Waals surface area contributed by atoms with Crippen molar-refractivity contribution < 1.29 is 33.8 Å². The number of hydrogen-bond acceptors (Lipinski definition) is 6. The third kappa shape index (κ3) is 2.81. The standard InChI is InChI=1S/C5H10N2O7P2S/c1-3-4(17-7-6-3)2-5(8,15(9,10)11)16(12,13)14/h8H,2H2,1H3,(H2,9,10,11)(H2,12,13,14). The molecule has 0 aliphatic carbocycles. The largest absolute Gasteiger partial charge is 0.369 e. The molecule has 0 aliphatic rings. The molecule has 0 aliphatic heterocycles. The molecule has 0 bridgehead atoms. The van der Waals surface area contributed by atoms with Crippen molar-refractivity contribution in [3.8, 4) is 0 Å². The average Bonchev–Trinajstić information content (AvgIpc) is 2.47. The molecule has 0 unspecified atom stereocenters. The van der Waals surface area contributed by atoms with Crippen LogP contribution in [0.5, 0.6) is 0 Å². The Labute approximate surface area is 99.6 Å². The van der Waals surface area contributed by atoms with Gasteiger partial charge < -0.3 is 24.7 Å². The molecule has 0 saturated carbocycles. The molecule has 1 aromatic heterocycles. The van der Waals surface area contributed by atoms with Gasteiger partial charge in [0, 0.05) is 6.42 Å². The fourth-order valence-electron chi connectivity index (χ4n) is 1.00. The van der Waals surface area contributed by atoms with Crippen molar-refractivity contribution in [1.82, 2.24) is 9.59 Å². The number of rotatable bonds is 4. The lowest BCUT2D eigenvalue weighted by molar-refractivity contribution is 0.131. The quantitative estimate of drug-likeness (QED) is 0.457. The van der Waals surface area contributed by atoms with Crippen LogP contribution in [0.2, 0.25) is 0 Å². The molecule has 98 valence electrons. The van der Waals surface area contributed by atoms with E-state index in [1.807, 2.05) is 0 Å². The Kier molecular flexibility index (Phi) is 3.93. The van der Waals surface area contributed by atoms with Crippen molar-refractivity contribution in [2.45, 2.75) is 18.4 Å². The zero-order chi connectivity index (χ0) is 13.5. The SMILES string of the molecule is Cc1nnsc1CC(O)(P(=O)(O)O)P(=O)(O)O. The van der Waals surface area contributed by atoms with E-state index in [-0.39, 0.29) is 10.6 Å². The lowest BCUT2D eigenvalue weighted by Crippen LogP contribution is -2.31. The molecule has 0 amide bonds. The molecule has 0 spiro atoms. The third-order valence-electron chi connectivity index (χ3n) is 2.08. The lowest BCUT2D eigenvalue weighted by atomic mass is 10.3. The van der Waals surface area contributed by atoms with E-state index in [1.165, 1.54) is 6.92 Å². The van der Waals surface area contributed by atoms with E-state index in [4.69, 9.17) is 19.6 Å². The van der Waals surface area contributed by atoms with Gasteiger partial charge in [0.05, 0.1) is 10.6 Å². The second-order valence-electron chi connectivity index (χ2n) is 3.32. The second kappa shape index (κ2) is 4.49. The maximum absolute atomic E-state index is 11.1. The normalized spacial score (nSPS) is 14.0. The Bertz CT molecular complexity index is 482. The van der Waals surface area contributed by atoms with E-state index in [9.17, 15) is 14.2 Å². The molecule has 0 fully saturated rings. The molecule has 17 heavy (non-hydrogen) atoms. The Hall–Kier alpha value is -0.180. The van der Waals surface area contributed by atoms with Crippen molar-refractivity contribution in [1.29, 1.82) is 0 Å². The van der Waals surface area contributed by atoms with Crippen molar-refractivity contribution in [2.24, 2.45) is 0 Å². The Morgan fingerprint density at radius 2 is 1.71 bits per heavy atom. The maximum atomic E-state index is 11.1. The molecule has 0 atom stereocenters. The fourth-order valence-corrected chi connectivity index (χ4v) is 4.01. The van der Waals surface area contributed by atoms with Gasteiger partial charge in [0.2, 0.25) is 0 Å². The monoisotopic (exact) mass is 304 g/mol. The van der Waals surface area contributed by atoms with Gasteiger partial charge in [-0.05, 0) is 18.5 Å². The molecule has 0 radical (unpaired) electrons. The summed E-state index contributed by atoms with van der Waals surface area (Å²) in [5, 5.41) is 9.68. The van der Waals surface area contributed by atoms with Crippen LogP contribution < -0.4 is 0 Å². The molecule has 5 N–H and O–H groups in total. The summed E-state index contributed by atoms with van der Waals surface area (Å²) in [7, 11) is -10.9. The molecule has 1 aromatic rings. The first kappa shape index (κ1) is 14.9. The first-order valence-corrected chi connectivity index (χ1v) is 8.10. The van der Waals surface area contributed by atoms with Crippen molar-refractivity contribution in [3.63, 3.8) is 0 Å². The van der Waals surface area contributed by atoms with Gasteiger partial charge in [0.15, 0.2) is 0 Å². The minimum Gasteiger partial charge on any atom is -0.367 e. The fraction of sp³-hybridized carbons (Fsp3) is 0.600. The molecule has 12 heteroatoms. The van der Waals surface area contributed by atoms with Crippen molar-refractivity contribution in [3.05, 3.63) is 10.6 Å².